The van der Waals surface area contributed by atoms with Crippen LogP contribution in [-0.2, 0) is 6.54 Å². The molecule has 2 aromatic heterocycles. The first kappa shape index (κ1) is 18.5. The Kier molecular flexibility index (Phi) is 5.34. The summed E-state index contributed by atoms with van der Waals surface area (Å²) in [4.78, 5) is 20.3. The highest BCUT2D eigenvalue weighted by Crippen LogP contribution is 2.21. The minimum Gasteiger partial charge on any atom is -0.361 e. The molecular weight excluding hydrogens is 352 g/mol. The molecule has 4 rings (SSSR count). The molecule has 1 fully saturated rings. The largest absolute Gasteiger partial charge is 0.361 e. The summed E-state index contributed by atoms with van der Waals surface area (Å²) in [6.45, 7) is 7.95. The van der Waals surface area contributed by atoms with Crippen molar-refractivity contribution in [2.75, 3.05) is 26.2 Å². The fourth-order valence-corrected chi connectivity index (χ4v) is 3.48. The second kappa shape index (κ2) is 7.51. The minimum absolute atomic E-state index is 0. The van der Waals surface area contributed by atoms with Crippen molar-refractivity contribution >= 4 is 29.2 Å². The van der Waals surface area contributed by atoms with Gasteiger partial charge in [-0.15, -0.1) is 12.4 Å². The SMILES string of the molecule is Cc1noc(C)c1CN1CCN(C(=O)c2c[nH]c3ccccc23)CC1.Cl. The maximum absolute atomic E-state index is 12.9. The third-order valence-electron chi connectivity index (χ3n) is 5.04. The predicted molar refractivity (Wildman–Crippen MR) is 103 cm³/mol. The molecule has 6 nitrogen and oxygen atoms in total. The Morgan fingerprint density at radius 1 is 1.19 bits per heavy atom. The Labute approximate surface area is 158 Å². The molecular formula is C19H23ClN4O2. The lowest BCUT2D eigenvalue weighted by Crippen LogP contribution is -2.48. The third-order valence-corrected chi connectivity index (χ3v) is 5.04. The van der Waals surface area contributed by atoms with Crippen LogP contribution in [-0.4, -0.2) is 52.0 Å². The van der Waals surface area contributed by atoms with Crippen LogP contribution in [0.1, 0.15) is 27.4 Å². The first-order valence-electron chi connectivity index (χ1n) is 8.63. The van der Waals surface area contributed by atoms with Gasteiger partial charge in [0.15, 0.2) is 0 Å². The monoisotopic (exact) mass is 374 g/mol. The van der Waals surface area contributed by atoms with Crippen molar-refractivity contribution in [2.45, 2.75) is 20.4 Å². The number of fused-ring (bicyclic) bond motifs is 1. The third kappa shape index (κ3) is 3.34. The first-order valence-corrected chi connectivity index (χ1v) is 8.63. The number of rotatable bonds is 3. The van der Waals surface area contributed by atoms with Gasteiger partial charge in [-0.05, 0) is 19.9 Å². The van der Waals surface area contributed by atoms with Crippen LogP contribution >= 0.6 is 12.4 Å². The molecule has 0 spiro atoms. The number of para-hydroxylation sites is 1. The second-order valence-corrected chi connectivity index (χ2v) is 6.62. The van der Waals surface area contributed by atoms with Crippen molar-refractivity contribution in [3.8, 4) is 0 Å². The fourth-order valence-electron chi connectivity index (χ4n) is 3.48. The van der Waals surface area contributed by atoms with Gasteiger partial charge in [-0.2, -0.15) is 0 Å². The molecule has 3 heterocycles. The van der Waals surface area contributed by atoms with Crippen LogP contribution in [0, 0.1) is 13.8 Å². The van der Waals surface area contributed by atoms with Crippen molar-refractivity contribution in [1.29, 1.82) is 0 Å². The summed E-state index contributed by atoms with van der Waals surface area (Å²) in [6, 6.07) is 7.93. The van der Waals surface area contributed by atoms with Crippen LogP contribution in [0.3, 0.4) is 0 Å². The van der Waals surface area contributed by atoms with Gasteiger partial charge in [0.05, 0.1) is 11.3 Å². The number of aromatic nitrogens is 2. The number of H-pyrrole nitrogens is 1. The standard InChI is InChI=1S/C19H22N4O2.ClH/c1-13-17(14(2)25-21-13)12-22-7-9-23(10-8-22)19(24)16-11-20-18-6-4-3-5-15(16)18;/h3-6,11,20H,7-10,12H2,1-2H3;1H. The van der Waals surface area contributed by atoms with E-state index in [2.05, 4.69) is 15.0 Å². The molecule has 138 valence electrons. The zero-order valence-corrected chi connectivity index (χ0v) is 15.8. The summed E-state index contributed by atoms with van der Waals surface area (Å²) in [5.41, 5.74) is 3.88. The number of carbonyl (C=O) groups excluding carboxylic acids is 1. The lowest BCUT2D eigenvalue weighted by molar-refractivity contribution is 0.0629. The number of hydrogen-bond donors (Lipinski definition) is 1. The van der Waals surface area contributed by atoms with Gasteiger partial charge in [0.1, 0.15) is 5.76 Å². The Bertz CT molecular complexity index is 890. The van der Waals surface area contributed by atoms with Crippen LogP contribution in [0.5, 0.6) is 0 Å². The van der Waals surface area contributed by atoms with Gasteiger partial charge < -0.3 is 14.4 Å². The van der Waals surface area contributed by atoms with Gasteiger partial charge in [-0.1, -0.05) is 23.4 Å². The topological polar surface area (TPSA) is 65.4 Å². The summed E-state index contributed by atoms with van der Waals surface area (Å²) in [5.74, 6) is 0.990. The molecule has 0 aliphatic carbocycles. The van der Waals surface area contributed by atoms with Crippen LogP contribution in [0.4, 0.5) is 0 Å². The van der Waals surface area contributed by atoms with E-state index < -0.39 is 0 Å². The molecule has 1 aromatic carbocycles. The Balaban J connectivity index is 0.00000196. The van der Waals surface area contributed by atoms with Gasteiger partial charge >= 0.3 is 0 Å². The van der Waals surface area contributed by atoms with Gasteiger partial charge in [-0.25, -0.2) is 0 Å². The Hall–Kier alpha value is -2.31. The van der Waals surface area contributed by atoms with E-state index in [1.54, 1.807) is 0 Å². The van der Waals surface area contributed by atoms with E-state index >= 15 is 0 Å². The summed E-state index contributed by atoms with van der Waals surface area (Å²) in [5, 5.41) is 5.01. The van der Waals surface area contributed by atoms with E-state index in [9.17, 15) is 4.79 Å². The normalized spacial score (nSPS) is 15.2. The Morgan fingerprint density at radius 2 is 1.92 bits per heavy atom. The zero-order valence-electron chi connectivity index (χ0n) is 15.0. The number of aryl methyl sites for hydroxylation is 2. The quantitative estimate of drug-likeness (QED) is 0.764. The maximum Gasteiger partial charge on any atom is 0.256 e. The van der Waals surface area contributed by atoms with Gasteiger partial charge in [0.2, 0.25) is 0 Å². The fraction of sp³-hybridized carbons (Fsp3) is 0.368. The van der Waals surface area contributed by atoms with Gasteiger partial charge in [-0.3, -0.25) is 9.69 Å². The number of nitrogens with zero attached hydrogens (tertiary/aromatic N) is 3. The molecule has 7 heteroatoms. The molecule has 0 atom stereocenters. The van der Waals surface area contributed by atoms with E-state index in [1.165, 1.54) is 0 Å². The van der Waals surface area contributed by atoms with E-state index in [4.69, 9.17) is 4.52 Å². The van der Waals surface area contributed by atoms with E-state index in [0.29, 0.717) is 0 Å². The summed E-state index contributed by atoms with van der Waals surface area (Å²) in [7, 11) is 0. The number of amides is 1. The van der Waals surface area contributed by atoms with Crippen molar-refractivity contribution in [3.05, 3.63) is 53.0 Å². The molecule has 1 saturated heterocycles. The average molecular weight is 375 g/mol. The summed E-state index contributed by atoms with van der Waals surface area (Å²) in [6.07, 6.45) is 1.82. The molecule has 3 aromatic rings. The summed E-state index contributed by atoms with van der Waals surface area (Å²) >= 11 is 0. The number of hydrogen-bond acceptors (Lipinski definition) is 4. The van der Waals surface area contributed by atoms with Crippen LogP contribution < -0.4 is 0 Å². The number of carbonyl (C=O) groups is 1. The summed E-state index contributed by atoms with van der Waals surface area (Å²) < 4.78 is 5.24. The number of benzene rings is 1. The van der Waals surface area contributed by atoms with E-state index in [1.807, 2.05) is 49.2 Å². The first-order chi connectivity index (χ1) is 12.1. The zero-order chi connectivity index (χ0) is 17.4. The van der Waals surface area contributed by atoms with Gasteiger partial charge in [0, 0.05) is 55.4 Å². The maximum atomic E-state index is 12.9. The van der Waals surface area contributed by atoms with E-state index in [0.717, 1.165) is 66.2 Å². The second-order valence-electron chi connectivity index (χ2n) is 6.62. The van der Waals surface area contributed by atoms with E-state index in [-0.39, 0.29) is 18.3 Å². The average Bonchev–Trinajstić information content (AvgIpc) is 3.20. The van der Waals surface area contributed by atoms with Crippen LogP contribution in [0.2, 0.25) is 0 Å². The molecule has 0 saturated carbocycles. The molecule has 1 aliphatic heterocycles. The van der Waals surface area contributed by atoms with Gasteiger partial charge in [0.25, 0.3) is 5.91 Å². The minimum atomic E-state index is 0. The molecule has 0 bridgehead atoms. The predicted octanol–water partition coefficient (Wildman–Crippen LogP) is 3.15. The molecule has 1 N–H and O–H groups in total. The van der Waals surface area contributed by atoms with Crippen LogP contribution in [0.25, 0.3) is 10.9 Å². The number of aromatic amines is 1. The lowest BCUT2D eigenvalue weighted by Gasteiger charge is -2.34. The number of piperazine rings is 1. The smallest absolute Gasteiger partial charge is 0.256 e. The molecule has 1 amide bonds. The Morgan fingerprint density at radius 3 is 2.62 bits per heavy atom. The highest BCUT2D eigenvalue weighted by Gasteiger charge is 2.25. The molecule has 0 unspecified atom stereocenters. The van der Waals surface area contributed by atoms with Crippen molar-refractivity contribution in [3.63, 3.8) is 0 Å². The lowest BCUT2D eigenvalue weighted by atomic mass is 10.1. The number of nitrogens with one attached hydrogen (secondary N) is 1. The van der Waals surface area contributed by atoms with Crippen molar-refractivity contribution in [2.24, 2.45) is 0 Å². The van der Waals surface area contributed by atoms with Crippen LogP contribution in [0.15, 0.2) is 35.0 Å². The highest BCUT2D eigenvalue weighted by atomic mass is 35.5. The molecule has 1 aliphatic rings. The van der Waals surface area contributed by atoms with Crippen molar-refractivity contribution < 1.29 is 9.32 Å². The number of halogens is 1. The van der Waals surface area contributed by atoms with Crippen molar-refractivity contribution in [1.82, 2.24) is 19.9 Å². The molecule has 0 radical (unpaired) electrons. The highest BCUT2D eigenvalue weighted by molar-refractivity contribution is 6.06. The molecule has 26 heavy (non-hydrogen) atoms.